The summed E-state index contributed by atoms with van der Waals surface area (Å²) >= 11 is 3.60. The smallest absolute Gasteiger partial charge is 0.231 e. The number of alkyl halides is 1. The van der Waals surface area contributed by atoms with Gasteiger partial charge in [-0.3, -0.25) is 4.79 Å². The van der Waals surface area contributed by atoms with E-state index < -0.39 is 0 Å². The van der Waals surface area contributed by atoms with E-state index in [1.165, 1.54) is 0 Å². The fourth-order valence-electron chi connectivity index (χ4n) is 2.60. The van der Waals surface area contributed by atoms with Crippen molar-refractivity contribution in [1.82, 2.24) is 4.90 Å². The van der Waals surface area contributed by atoms with Gasteiger partial charge in [0.05, 0.1) is 23.9 Å². The molecule has 3 nitrogen and oxygen atoms in total. The van der Waals surface area contributed by atoms with Crippen molar-refractivity contribution in [2.45, 2.75) is 17.4 Å². The monoisotopic (exact) mass is 307 g/mol. The average Bonchev–Trinajstić information content (AvgIpc) is 2.86. The summed E-state index contributed by atoms with van der Waals surface area (Å²) in [7, 11) is 1.65. The number of fused-ring (bicyclic) bond motifs is 2. The van der Waals surface area contributed by atoms with Crippen LogP contribution in [0.3, 0.4) is 0 Å². The van der Waals surface area contributed by atoms with Gasteiger partial charge in [-0.05, 0) is 17.7 Å². The lowest BCUT2D eigenvalue weighted by Gasteiger charge is -2.24. The summed E-state index contributed by atoms with van der Waals surface area (Å²) in [6, 6.07) is 8.06. The molecule has 1 heterocycles. The summed E-state index contributed by atoms with van der Waals surface area (Å²) in [6.07, 6.45) is 4.13. The van der Waals surface area contributed by atoms with Gasteiger partial charge in [0.15, 0.2) is 0 Å². The molecule has 4 heteroatoms. The number of ether oxygens (including phenoxy) is 1. The number of rotatable bonds is 3. The molecule has 1 aromatic carbocycles. The molecule has 1 saturated heterocycles. The van der Waals surface area contributed by atoms with Crippen molar-refractivity contribution >= 4 is 21.8 Å². The number of nitrogens with zero attached hydrogens (tertiary/aromatic N) is 1. The van der Waals surface area contributed by atoms with Gasteiger partial charge in [-0.1, -0.05) is 40.2 Å². The molecule has 0 spiro atoms. The fourth-order valence-corrected chi connectivity index (χ4v) is 3.47. The Hall–Kier alpha value is -1.29. The van der Waals surface area contributed by atoms with Crippen molar-refractivity contribution in [2.24, 2.45) is 5.92 Å². The summed E-state index contributed by atoms with van der Waals surface area (Å²) in [5, 5.41) is 0. The van der Waals surface area contributed by atoms with E-state index in [0.717, 1.165) is 11.3 Å². The van der Waals surface area contributed by atoms with Gasteiger partial charge in [-0.25, -0.2) is 0 Å². The minimum atomic E-state index is 0.0215. The van der Waals surface area contributed by atoms with Crippen molar-refractivity contribution in [3.63, 3.8) is 0 Å². The molecule has 3 rings (SSSR count). The molecule has 94 valence electrons. The summed E-state index contributed by atoms with van der Waals surface area (Å²) in [6.45, 7) is 0.663. The van der Waals surface area contributed by atoms with E-state index >= 15 is 0 Å². The minimum absolute atomic E-state index is 0.0215. The number of halogens is 1. The highest BCUT2D eigenvalue weighted by molar-refractivity contribution is 9.09. The van der Waals surface area contributed by atoms with E-state index in [9.17, 15) is 4.79 Å². The first-order valence-corrected chi connectivity index (χ1v) is 6.88. The highest BCUT2D eigenvalue weighted by Gasteiger charge is 2.47. The lowest BCUT2D eigenvalue weighted by molar-refractivity contribution is -0.131. The van der Waals surface area contributed by atoms with Crippen LogP contribution in [0.15, 0.2) is 36.4 Å². The summed E-state index contributed by atoms with van der Waals surface area (Å²) in [4.78, 5) is 14.3. The van der Waals surface area contributed by atoms with Crippen LogP contribution in [-0.4, -0.2) is 28.8 Å². The number of likely N-dealkylation sites (tertiary alicyclic amines) is 1. The van der Waals surface area contributed by atoms with Crippen molar-refractivity contribution < 1.29 is 9.53 Å². The van der Waals surface area contributed by atoms with E-state index in [0.29, 0.717) is 6.54 Å². The molecule has 1 aliphatic heterocycles. The average molecular weight is 308 g/mol. The molecule has 1 amide bonds. The molecule has 1 fully saturated rings. The van der Waals surface area contributed by atoms with Crippen LogP contribution in [0.25, 0.3) is 0 Å². The van der Waals surface area contributed by atoms with Gasteiger partial charge >= 0.3 is 0 Å². The van der Waals surface area contributed by atoms with E-state index in [4.69, 9.17) is 4.74 Å². The molecular weight excluding hydrogens is 294 g/mol. The quantitative estimate of drug-likeness (QED) is 0.634. The van der Waals surface area contributed by atoms with Gasteiger partial charge in [0.2, 0.25) is 5.91 Å². The first-order chi connectivity index (χ1) is 8.70. The number of carbonyl (C=O) groups is 1. The van der Waals surface area contributed by atoms with Gasteiger partial charge in [-0.2, -0.15) is 0 Å². The maximum atomic E-state index is 12.1. The third kappa shape index (κ3) is 1.75. The molecule has 0 aromatic heterocycles. The van der Waals surface area contributed by atoms with Crippen LogP contribution >= 0.6 is 15.9 Å². The zero-order valence-corrected chi connectivity index (χ0v) is 11.6. The standard InChI is InChI=1S/C14H14BrNO2/c1-18-10-4-2-9(3-5-10)8-16-12-7-6-11(13(12)15)14(16)17/h2-7,11-13H,8H2,1H3/t11-,12+,13+/m1/s1. The Balaban J connectivity index is 1.77. The topological polar surface area (TPSA) is 29.5 Å². The Kier molecular flexibility index (Phi) is 2.90. The van der Waals surface area contributed by atoms with Crippen LogP contribution in [0, 0.1) is 5.92 Å². The Labute approximate surface area is 115 Å². The summed E-state index contributed by atoms with van der Waals surface area (Å²) in [5.74, 6) is 1.08. The maximum absolute atomic E-state index is 12.1. The molecule has 2 aliphatic rings. The van der Waals surface area contributed by atoms with Gasteiger partial charge in [0, 0.05) is 6.54 Å². The van der Waals surface area contributed by atoms with Gasteiger partial charge < -0.3 is 9.64 Å². The number of hydrogen-bond acceptors (Lipinski definition) is 2. The van der Waals surface area contributed by atoms with E-state index in [1.807, 2.05) is 35.2 Å². The van der Waals surface area contributed by atoms with Gasteiger partial charge in [-0.15, -0.1) is 0 Å². The lowest BCUT2D eigenvalue weighted by atomic mass is 10.1. The largest absolute Gasteiger partial charge is 0.497 e. The third-order valence-electron chi connectivity index (χ3n) is 3.63. The first-order valence-electron chi connectivity index (χ1n) is 5.96. The molecule has 1 aliphatic carbocycles. The van der Waals surface area contributed by atoms with E-state index in [1.54, 1.807) is 7.11 Å². The van der Waals surface area contributed by atoms with Crippen LogP contribution in [-0.2, 0) is 11.3 Å². The van der Waals surface area contributed by atoms with Crippen LogP contribution in [0.2, 0.25) is 0 Å². The zero-order chi connectivity index (χ0) is 12.7. The number of carbonyl (C=O) groups excluding carboxylic acids is 1. The van der Waals surface area contributed by atoms with Gasteiger partial charge in [0.25, 0.3) is 0 Å². The number of methoxy groups -OCH3 is 1. The third-order valence-corrected chi connectivity index (χ3v) is 4.74. The first kappa shape index (κ1) is 11.8. The van der Waals surface area contributed by atoms with E-state index in [2.05, 4.69) is 22.0 Å². The SMILES string of the molecule is COc1ccc(CN2C(=O)[C@@H]3C=C[C@H]2[C@H]3Br)cc1. The summed E-state index contributed by atoms with van der Waals surface area (Å²) < 4.78 is 5.13. The van der Waals surface area contributed by atoms with Crippen LogP contribution in [0.1, 0.15) is 5.56 Å². The second-order valence-electron chi connectivity index (χ2n) is 4.66. The second-order valence-corrected chi connectivity index (χ2v) is 5.72. The molecule has 0 unspecified atom stereocenters. The zero-order valence-electron chi connectivity index (χ0n) is 10.0. The highest BCUT2D eigenvalue weighted by atomic mass is 79.9. The second kappa shape index (κ2) is 4.43. The molecule has 3 atom stereocenters. The minimum Gasteiger partial charge on any atom is -0.497 e. The van der Waals surface area contributed by atoms with Crippen molar-refractivity contribution in [2.75, 3.05) is 7.11 Å². The summed E-state index contributed by atoms with van der Waals surface area (Å²) in [5.41, 5.74) is 1.13. The Morgan fingerprint density at radius 2 is 2.00 bits per heavy atom. The van der Waals surface area contributed by atoms with Crippen molar-refractivity contribution in [1.29, 1.82) is 0 Å². The number of amides is 1. The van der Waals surface area contributed by atoms with Crippen LogP contribution in [0.4, 0.5) is 0 Å². The Bertz CT molecular complexity index is 497. The Morgan fingerprint density at radius 3 is 2.56 bits per heavy atom. The fraction of sp³-hybridized carbons (Fsp3) is 0.357. The predicted octanol–water partition coefficient (Wildman–Crippen LogP) is 2.36. The van der Waals surface area contributed by atoms with Gasteiger partial charge in [0.1, 0.15) is 5.75 Å². The molecule has 0 saturated carbocycles. The Morgan fingerprint density at radius 1 is 1.28 bits per heavy atom. The number of hydrogen-bond donors (Lipinski definition) is 0. The van der Waals surface area contributed by atoms with E-state index in [-0.39, 0.29) is 22.7 Å². The molecule has 2 bridgehead atoms. The molecular formula is C14H14BrNO2. The van der Waals surface area contributed by atoms with Crippen LogP contribution in [0.5, 0.6) is 5.75 Å². The van der Waals surface area contributed by atoms with Crippen LogP contribution < -0.4 is 4.74 Å². The lowest BCUT2D eigenvalue weighted by Crippen LogP contribution is -2.34. The molecule has 18 heavy (non-hydrogen) atoms. The normalized spacial score (nSPS) is 29.1. The molecule has 1 aromatic rings. The van der Waals surface area contributed by atoms with Crippen molar-refractivity contribution in [3.8, 4) is 5.75 Å². The molecule has 0 N–H and O–H groups in total. The molecule has 0 radical (unpaired) electrons. The highest BCUT2D eigenvalue weighted by Crippen LogP contribution is 2.39. The van der Waals surface area contributed by atoms with Crippen molar-refractivity contribution in [3.05, 3.63) is 42.0 Å². The maximum Gasteiger partial charge on any atom is 0.231 e. The predicted molar refractivity (Wildman–Crippen MR) is 72.7 cm³/mol. The number of benzene rings is 1.